The van der Waals surface area contributed by atoms with E-state index in [1.165, 1.54) is 11.3 Å². The molecule has 0 aliphatic carbocycles. The summed E-state index contributed by atoms with van der Waals surface area (Å²) in [6.07, 6.45) is 0. The maximum Gasteiger partial charge on any atom is 0.0577 e. The van der Waals surface area contributed by atoms with Crippen LogP contribution in [0.15, 0.2) is 24.3 Å². The summed E-state index contributed by atoms with van der Waals surface area (Å²) in [6.45, 7) is 5.18. The molecule has 1 unspecified atom stereocenters. The van der Waals surface area contributed by atoms with Crippen molar-refractivity contribution >= 4 is 29.1 Å². The van der Waals surface area contributed by atoms with Crippen LogP contribution < -0.4 is 5.32 Å². The molecular weight excluding hydrogens is 226 g/mol. The summed E-state index contributed by atoms with van der Waals surface area (Å²) in [6, 6.07) is 8.23. The van der Waals surface area contributed by atoms with Crippen LogP contribution in [-0.4, -0.2) is 18.1 Å². The van der Waals surface area contributed by atoms with Gasteiger partial charge in [-0.25, -0.2) is 0 Å². The zero-order chi connectivity index (χ0) is 11.1. The average Bonchev–Trinajstić information content (AvgIpc) is 2.25. The highest BCUT2D eigenvalue weighted by atomic mass is 35.5. The number of rotatable bonds is 6. The summed E-state index contributed by atoms with van der Waals surface area (Å²) in [4.78, 5) is 0. The van der Waals surface area contributed by atoms with Gasteiger partial charge in [0, 0.05) is 18.0 Å². The third-order valence-electron chi connectivity index (χ3n) is 2.16. The number of thioether (sulfide) groups is 1. The molecule has 0 heterocycles. The van der Waals surface area contributed by atoms with Crippen LogP contribution in [0.25, 0.3) is 0 Å². The van der Waals surface area contributed by atoms with E-state index >= 15 is 0 Å². The molecule has 0 saturated heterocycles. The summed E-state index contributed by atoms with van der Waals surface area (Å²) in [5.74, 6) is 2.32. The Morgan fingerprint density at radius 1 is 1.40 bits per heavy atom. The van der Waals surface area contributed by atoms with Crippen molar-refractivity contribution in [2.24, 2.45) is 0 Å². The molecule has 1 atom stereocenters. The topological polar surface area (TPSA) is 12.0 Å². The van der Waals surface area contributed by atoms with Crippen molar-refractivity contribution in [3.05, 3.63) is 29.8 Å². The Hall–Kier alpha value is -0.340. The van der Waals surface area contributed by atoms with Crippen molar-refractivity contribution in [2.75, 3.05) is 23.4 Å². The quantitative estimate of drug-likeness (QED) is 0.595. The lowest BCUT2D eigenvalue weighted by molar-refractivity contribution is 1.07. The molecule has 84 valence electrons. The van der Waals surface area contributed by atoms with E-state index in [0.717, 1.165) is 18.0 Å². The van der Waals surface area contributed by atoms with Gasteiger partial charge in [-0.3, -0.25) is 0 Å². The van der Waals surface area contributed by atoms with E-state index in [-0.39, 0.29) is 5.38 Å². The molecule has 3 heteroatoms. The maximum atomic E-state index is 6.10. The van der Waals surface area contributed by atoms with Crippen molar-refractivity contribution < 1.29 is 0 Å². The lowest BCUT2D eigenvalue weighted by Crippen LogP contribution is -2.06. The fourth-order valence-corrected chi connectivity index (χ4v) is 2.13. The van der Waals surface area contributed by atoms with Gasteiger partial charge in [0.05, 0.1) is 5.38 Å². The first kappa shape index (κ1) is 12.7. The molecule has 0 fully saturated rings. The molecule has 15 heavy (non-hydrogen) atoms. The van der Waals surface area contributed by atoms with Gasteiger partial charge in [0.1, 0.15) is 0 Å². The van der Waals surface area contributed by atoms with Gasteiger partial charge in [0.2, 0.25) is 0 Å². The van der Waals surface area contributed by atoms with Crippen molar-refractivity contribution in [1.29, 1.82) is 0 Å². The zero-order valence-corrected chi connectivity index (χ0v) is 10.9. The van der Waals surface area contributed by atoms with E-state index in [2.05, 4.69) is 24.4 Å². The Balaban J connectivity index is 2.52. The second-order valence-electron chi connectivity index (χ2n) is 3.33. The molecule has 0 aliphatic rings. The van der Waals surface area contributed by atoms with Crippen LogP contribution in [0.2, 0.25) is 0 Å². The Kier molecular flexibility index (Phi) is 5.96. The Labute approximate surface area is 102 Å². The third-order valence-corrected chi connectivity index (χ3v) is 3.29. The smallest absolute Gasteiger partial charge is 0.0577 e. The minimum absolute atomic E-state index is 0.0625. The van der Waals surface area contributed by atoms with Gasteiger partial charge >= 0.3 is 0 Å². The Morgan fingerprint density at radius 3 is 2.80 bits per heavy atom. The molecule has 0 saturated carbocycles. The number of halogens is 1. The number of alkyl halides is 1. The van der Waals surface area contributed by atoms with Crippen LogP contribution in [0.1, 0.15) is 24.8 Å². The summed E-state index contributed by atoms with van der Waals surface area (Å²) in [7, 11) is 0. The molecular formula is C12H18ClNS. The van der Waals surface area contributed by atoms with E-state index in [4.69, 9.17) is 11.6 Å². The molecule has 0 aliphatic heterocycles. The predicted octanol–water partition coefficient (Wildman–Crippen LogP) is 4.15. The minimum Gasteiger partial charge on any atom is -0.384 e. The van der Waals surface area contributed by atoms with Crippen molar-refractivity contribution in [2.45, 2.75) is 19.2 Å². The van der Waals surface area contributed by atoms with Crippen LogP contribution in [0.5, 0.6) is 0 Å². The average molecular weight is 244 g/mol. The molecule has 0 spiro atoms. The van der Waals surface area contributed by atoms with Gasteiger partial charge in [0.15, 0.2) is 0 Å². The summed E-state index contributed by atoms with van der Waals surface area (Å²) >= 11 is 8.05. The van der Waals surface area contributed by atoms with E-state index in [9.17, 15) is 0 Å². The number of hydrogen-bond acceptors (Lipinski definition) is 2. The molecule has 0 radical (unpaired) electrons. The largest absolute Gasteiger partial charge is 0.384 e. The molecule has 0 aromatic heterocycles. The predicted molar refractivity (Wildman–Crippen MR) is 72.2 cm³/mol. The molecule has 1 rings (SSSR count). The number of benzene rings is 1. The highest BCUT2D eigenvalue weighted by Crippen LogP contribution is 2.26. The van der Waals surface area contributed by atoms with Gasteiger partial charge in [0.25, 0.3) is 0 Å². The lowest BCUT2D eigenvalue weighted by Gasteiger charge is -2.12. The van der Waals surface area contributed by atoms with E-state index in [1.54, 1.807) is 0 Å². The molecule has 1 nitrogen and oxygen atoms in total. The van der Waals surface area contributed by atoms with Gasteiger partial charge < -0.3 is 5.32 Å². The zero-order valence-electron chi connectivity index (χ0n) is 9.29. The second kappa shape index (κ2) is 7.02. The van der Waals surface area contributed by atoms with Crippen molar-refractivity contribution in [1.82, 2.24) is 0 Å². The first-order valence-corrected chi connectivity index (χ1v) is 6.89. The number of hydrogen-bond donors (Lipinski definition) is 1. The monoisotopic (exact) mass is 243 g/mol. The fraction of sp³-hybridized carbons (Fsp3) is 0.500. The molecule has 0 amide bonds. The van der Waals surface area contributed by atoms with Crippen LogP contribution in [0.4, 0.5) is 5.69 Å². The van der Waals surface area contributed by atoms with Crippen LogP contribution >= 0.6 is 23.4 Å². The summed E-state index contributed by atoms with van der Waals surface area (Å²) in [5.41, 5.74) is 2.34. The highest BCUT2D eigenvalue weighted by molar-refractivity contribution is 7.99. The molecule has 1 N–H and O–H groups in total. The van der Waals surface area contributed by atoms with Crippen LogP contribution in [0, 0.1) is 0 Å². The molecule has 1 aromatic carbocycles. The van der Waals surface area contributed by atoms with E-state index in [0.29, 0.717) is 0 Å². The van der Waals surface area contributed by atoms with Crippen molar-refractivity contribution in [3.63, 3.8) is 0 Å². The highest BCUT2D eigenvalue weighted by Gasteiger charge is 2.05. The van der Waals surface area contributed by atoms with Gasteiger partial charge in [-0.1, -0.05) is 25.1 Å². The fourth-order valence-electron chi connectivity index (χ4n) is 1.41. The summed E-state index contributed by atoms with van der Waals surface area (Å²) in [5, 5.41) is 3.49. The minimum atomic E-state index is 0.0625. The molecule has 1 aromatic rings. The van der Waals surface area contributed by atoms with E-state index in [1.807, 2.05) is 30.8 Å². The van der Waals surface area contributed by atoms with Crippen LogP contribution in [0.3, 0.4) is 0 Å². The first-order valence-electron chi connectivity index (χ1n) is 5.30. The Morgan fingerprint density at radius 2 is 2.13 bits per heavy atom. The van der Waals surface area contributed by atoms with Crippen molar-refractivity contribution in [3.8, 4) is 0 Å². The van der Waals surface area contributed by atoms with Crippen LogP contribution in [-0.2, 0) is 0 Å². The standard InChI is InChI=1S/C12H18ClNS/c1-3-15-9-8-14-12-7-5-4-6-11(12)10(2)13/h4-7,10,14H,3,8-9H2,1-2H3. The Bertz CT molecular complexity index is 289. The second-order valence-corrected chi connectivity index (χ2v) is 5.38. The first-order chi connectivity index (χ1) is 7.25. The molecule has 0 bridgehead atoms. The maximum absolute atomic E-state index is 6.10. The number of nitrogens with one attached hydrogen (secondary N) is 1. The number of para-hydroxylation sites is 1. The van der Waals surface area contributed by atoms with Gasteiger partial charge in [-0.05, 0) is 24.3 Å². The summed E-state index contributed by atoms with van der Waals surface area (Å²) < 4.78 is 0. The van der Waals surface area contributed by atoms with E-state index < -0.39 is 0 Å². The van der Waals surface area contributed by atoms with Gasteiger partial charge in [-0.15, -0.1) is 11.6 Å². The SMILES string of the molecule is CCSCCNc1ccccc1C(C)Cl. The normalized spacial score (nSPS) is 12.5. The number of anilines is 1. The third kappa shape index (κ3) is 4.35. The van der Waals surface area contributed by atoms with Gasteiger partial charge in [-0.2, -0.15) is 11.8 Å². The lowest BCUT2D eigenvalue weighted by atomic mass is 10.1.